The third kappa shape index (κ3) is 31.8. The van der Waals surface area contributed by atoms with Crippen LogP contribution in [0.5, 0.6) is 0 Å². The van der Waals surface area contributed by atoms with Crippen molar-refractivity contribution in [2.75, 3.05) is 0 Å². The molecule has 0 radical (unpaired) electrons. The van der Waals surface area contributed by atoms with Crippen LogP contribution in [0.3, 0.4) is 0 Å². The molecule has 0 saturated carbocycles. The zero-order valence-electron chi connectivity index (χ0n) is 12.8. The van der Waals surface area contributed by atoms with E-state index in [9.17, 15) is 14.4 Å². The Morgan fingerprint density at radius 1 is 0.684 bits per heavy atom. The van der Waals surface area contributed by atoms with E-state index in [0.717, 1.165) is 0 Å². The van der Waals surface area contributed by atoms with Crippen molar-refractivity contribution in [3.8, 4) is 0 Å². The smallest absolute Gasteiger partial charge is 1.00 e. The van der Waals surface area contributed by atoms with Crippen LogP contribution in [0.25, 0.3) is 0 Å². The number of hydrogen-bond acceptors (Lipinski definition) is 6. The standard InChI is InChI=1S/3C3H6O3.Ca.2H/c3*1-2(4)3(5)6;;;/h3*2,4H,1H3,(H,5,6);;;/q;;;+2;2*-1. The molecule has 0 heterocycles. The molecular formula is C9H20CaO9. The van der Waals surface area contributed by atoms with Crippen molar-refractivity contribution in [1.82, 2.24) is 0 Å². The molecule has 112 valence electrons. The predicted octanol–water partition coefficient (Wildman–Crippen LogP) is -1.80. The molecule has 0 bridgehead atoms. The van der Waals surface area contributed by atoms with Gasteiger partial charge < -0.3 is 33.5 Å². The first-order valence-electron chi connectivity index (χ1n) is 4.66. The molecule has 0 aromatic carbocycles. The van der Waals surface area contributed by atoms with Crippen molar-refractivity contribution in [3.63, 3.8) is 0 Å². The summed E-state index contributed by atoms with van der Waals surface area (Å²) in [6.45, 7) is 3.59. The van der Waals surface area contributed by atoms with Crippen molar-refractivity contribution in [1.29, 1.82) is 0 Å². The van der Waals surface area contributed by atoms with Gasteiger partial charge in [0.2, 0.25) is 0 Å². The Labute approximate surface area is 142 Å². The molecule has 0 fully saturated rings. The summed E-state index contributed by atoms with van der Waals surface area (Å²) in [5.74, 6) is -3.56. The van der Waals surface area contributed by atoms with Crippen LogP contribution in [0, 0.1) is 0 Å². The second-order valence-corrected chi connectivity index (χ2v) is 3.04. The van der Waals surface area contributed by atoms with Gasteiger partial charge in [0, 0.05) is 0 Å². The van der Waals surface area contributed by atoms with Crippen molar-refractivity contribution >= 4 is 55.6 Å². The van der Waals surface area contributed by atoms with Crippen LogP contribution in [0.15, 0.2) is 0 Å². The monoisotopic (exact) mass is 312 g/mol. The number of rotatable bonds is 3. The summed E-state index contributed by atoms with van der Waals surface area (Å²) in [4.78, 5) is 28.3. The Morgan fingerprint density at radius 3 is 0.737 bits per heavy atom. The number of aliphatic hydroxyl groups excluding tert-OH is 3. The summed E-state index contributed by atoms with van der Waals surface area (Å²) in [6.07, 6.45) is -3.69. The number of hydrogen-bond donors (Lipinski definition) is 6. The van der Waals surface area contributed by atoms with E-state index in [1.165, 1.54) is 20.8 Å². The van der Waals surface area contributed by atoms with E-state index in [4.69, 9.17) is 30.6 Å². The predicted molar refractivity (Wildman–Crippen MR) is 65.9 cm³/mol. The summed E-state index contributed by atoms with van der Waals surface area (Å²) >= 11 is 0. The van der Waals surface area contributed by atoms with E-state index in [2.05, 4.69) is 0 Å². The van der Waals surface area contributed by atoms with Gasteiger partial charge in [-0.15, -0.1) is 0 Å². The maximum absolute atomic E-state index is 9.45. The minimum atomic E-state index is -1.23. The van der Waals surface area contributed by atoms with Crippen LogP contribution in [-0.2, 0) is 14.4 Å². The molecule has 19 heavy (non-hydrogen) atoms. The Morgan fingerprint density at radius 2 is 0.737 bits per heavy atom. The van der Waals surface area contributed by atoms with Gasteiger partial charge in [0.25, 0.3) is 0 Å². The average molecular weight is 312 g/mol. The second-order valence-electron chi connectivity index (χ2n) is 3.04. The molecule has 0 aliphatic carbocycles. The average Bonchev–Trinajstić information content (AvgIpc) is 2.18. The Kier molecular flexibility index (Phi) is 22.2. The van der Waals surface area contributed by atoms with Gasteiger partial charge in [0.05, 0.1) is 0 Å². The molecule has 0 aromatic heterocycles. The molecule has 0 amide bonds. The minimum Gasteiger partial charge on any atom is -1.00 e. The number of carboxylic acid groups (broad SMARTS) is 3. The number of carbonyl (C=O) groups is 3. The Hall–Kier alpha value is -0.450. The van der Waals surface area contributed by atoms with E-state index in [1.54, 1.807) is 0 Å². The fraction of sp³-hybridized carbons (Fsp3) is 0.667. The van der Waals surface area contributed by atoms with Crippen molar-refractivity contribution in [3.05, 3.63) is 0 Å². The van der Waals surface area contributed by atoms with Crippen LogP contribution in [-0.4, -0.2) is 105 Å². The first-order valence-corrected chi connectivity index (χ1v) is 4.66. The maximum atomic E-state index is 9.45. The Bertz CT molecular complexity index is 229. The molecule has 10 heteroatoms. The van der Waals surface area contributed by atoms with Gasteiger partial charge in [0.1, 0.15) is 18.3 Å². The first-order chi connectivity index (χ1) is 7.93. The van der Waals surface area contributed by atoms with E-state index in [0.29, 0.717) is 0 Å². The summed E-state index contributed by atoms with van der Waals surface area (Å²) in [5.41, 5.74) is 0. The van der Waals surface area contributed by atoms with Gasteiger partial charge in [0.15, 0.2) is 0 Å². The zero-order valence-corrected chi connectivity index (χ0v) is 13.1. The van der Waals surface area contributed by atoms with Gasteiger partial charge in [-0.1, -0.05) is 0 Å². The van der Waals surface area contributed by atoms with Crippen LogP contribution >= 0.6 is 0 Å². The van der Waals surface area contributed by atoms with E-state index >= 15 is 0 Å². The summed E-state index contributed by atoms with van der Waals surface area (Å²) < 4.78 is 0. The third-order valence-electron chi connectivity index (χ3n) is 1.07. The van der Waals surface area contributed by atoms with Crippen LogP contribution < -0.4 is 0 Å². The topological polar surface area (TPSA) is 173 Å². The fourth-order valence-electron chi connectivity index (χ4n) is 0. The second kappa shape index (κ2) is 15.6. The van der Waals surface area contributed by atoms with Gasteiger partial charge in [-0.3, -0.25) is 0 Å². The molecule has 3 unspecified atom stereocenters. The van der Waals surface area contributed by atoms with Gasteiger partial charge in [-0.25, -0.2) is 14.4 Å². The molecule has 0 aliphatic heterocycles. The van der Waals surface area contributed by atoms with Crippen LogP contribution in [0.4, 0.5) is 0 Å². The van der Waals surface area contributed by atoms with Gasteiger partial charge in [-0.05, 0) is 20.8 Å². The van der Waals surface area contributed by atoms with Crippen molar-refractivity contribution in [2.45, 2.75) is 39.1 Å². The number of aliphatic hydroxyl groups is 3. The van der Waals surface area contributed by atoms with Crippen molar-refractivity contribution in [2.24, 2.45) is 0 Å². The quantitative estimate of drug-likeness (QED) is 0.329. The molecular weight excluding hydrogens is 292 g/mol. The summed E-state index contributed by atoms with van der Waals surface area (Å²) in [7, 11) is 0. The number of carboxylic acids is 3. The summed E-state index contributed by atoms with van der Waals surface area (Å²) in [6, 6.07) is 0. The molecule has 0 saturated heterocycles. The summed E-state index contributed by atoms with van der Waals surface area (Å²) in [5, 5.41) is 47.3. The van der Waals surface area contributed by atoms with Gasteiger partial charge in [-0.2, -0.15) is 0 Å². The Balaban J connectivity index is -0.0000000375. The normalized spacial score (nSPS) is 12.9. The van der Waals surface area contributed by atoms with Crippen molar-refractivity contribution < 1.29 is 47.9 Å². The van der Waals surface area contributed by atoms with Gasteiger partial charge >= 0.3 is 55.6 Å². The largest absolute Gasteiger partial charge is 2.00 e. The minimum absolute atomic E-state index is 0. The fourth-order valence-corrected chi connectivity index (χ4v) is 0. The maximum Gasteiger partial charge on any atom is 2.00 e. The van der Waals surface area contributed by atoms with E-state index in [1.807, 2.05) is 0 Å². The number of aliphatic carboxylic acids is 3. The molecule has 0 aromatic rings. The third-order valence-corrected chi connectivity index (χ3v) is 1.07. The van der Waals surface area contributed by atoms with Crippen LogP contribution in [0.2, 0.25) is 0 Å². The molecule has 9 nitrogen and oxygen atoms in total. The zero-order chi connectivity index (χ0) is 15.5. The molecule has 0 spiro atoms. The van der Waals surface area contributed by atoms with E-state index < -0.39 is 36.2 Å². The molecule has 0 aliphatic rings. The molecule has 0 rings (SSSR count). The first kappa shape index (κ1) is 27.0. The molecule has 6 N–H and O–H groups in total. The van der Waals surface area contributed by atoms with Crippen LogP contribution in [0.1, 0.15) is 23.6 Å². The SMILES string of the molecule is CC(O)C(=O)O.CC(O)C(=O)O.CC(O)C(=O)O.[Ca+2].[H-].[H-]. The molecule has 3 atom stereocenters. The van der Waals surface area contributed by atoms with E-state index in [-0.39, 0.29) is 40.6 Å².